The molecule has 2 atom stereocenters. The number of hydrogen-bond donors (Lipinski definition) is 2. The maximum absolute atomic E-state index is 11.2. The van der Waals surface area contributed by atoms with Crippen LogP contribution in [0.3, 0.4) is 0 Å². The van der Waals surface area contributed by atoms with Crippen LogP contribution in [-0.4, -0.2) is 70.6 Å². The van der Waals surface area contributed by atoms with Crippen LogP contribution < -0.4 is 10.6 Å². The van der Waals surface area contributed by atoms with Crippen LogP contribution in [-0.2, 0) is 9.84 Å². The molecule has 0 radical (unpaired) electrons. The van der Waals surface area contributed by atoms with E-state index in [2.05, 4.69) is 27.6 Å². The normalized spacial score (nSPS) is 22.4. The molecule has 1 saturated heterocycles. The summed E-state index contributed by atoms with van der Waals surface area (Å²) in [5, 5.41) is 6.54. The van der Waals surface area contributed by atoms with Crippen molar-refractivity contribution in [2.45, 2.75) is 39.2 Å². The number of nitrogens with one attached hydrogen (secondary N) is 2. The molecule has 0 spiro atoms. The lowest BCUT2D eigenvalue weighted by Crippen LogP contribution is -2.43. The molecule has 0 aromatic rings. The molecule has 7 heteroatoms. The summed E-state index contributed by atoms with van der Waals surface area (Å²) in [4.78, 5) is 7.03. The van der Waals surface area contributed by atoms with Crippen LogP contribution in [0.1, 0.15) is 33.1 Å². The molecular formula is C15H32N4O2S. The van der Waals surface area contributed by atoms with Gasteiger partial charge in [-0.3, -0.25) is 4.99 Å². The van der Waals surface area contributed by atoms with E-state index in [-0.39, 0.29) is 11.8 Å². The molecule has 0 saturated carbocycles. The first-order valence-electron chi connectivity index (χ1n) is 8.21. The smallest absolute Gasteiger partial charge is 0.191 e. The first-order chi connectivity index (χ1) is 10.3. The highest BCUT2D eigenvalue weighted by Crippen LogP contribution is 2.15. The van der Waals surface area contributed by atoms with Gasteiger partial charge in [-0.05, 0) is 52.6 Å². The van der Waals surface area contributed by atoms with Crippen LogP contribution >= 0.6 is 0 Å². The Morgan fingerprint density at radius 3 is 2.77 bits per heavy atom. The van der Waals surface area contributed by atoms with E-state index in [1.807, 2.05) is 13.8 Å². The fraction of sp³-hybridized carbons (Fsp3) is 0.933. The maximum Gasteiger partial charge on any atom is 0.191 e. The van der Waals surface area contributed by atoms with Crippen LogP contribution in [0, 0.1) is 5.92 Å². The van der Waals surface area contributed by atoms with Crippen LogP contribution in [0.4, 0.5) is 0 Å². The lowest BCUT2D eigenvalue weighted by Gasteiger charge is -2.28. The van der Waals surface area contributed by atoms with Crippen molar-refractivity contribution in [3.05, 3.63) is 0 Å². The summed E-state index contributed by atoms with van der Waals surface area (Å²) in [5.41, 5.74) is 0. The molecule has 1 aliphatic heterocycles. The summed E-state index contributed by atoms with van der Waals surface area (Å²) in [6.07, 6.45) is 4.34. The topological polar surface area (TPSA) is 73.8 Å². The van der Waals surface area contributed by atoms with E-state index in [1.54, 1.807) is 0 Å². The van der Waals surface area contributed by atoms with Crippen molar-refractivity contribution in [3.8, 4) is 0 Å². The van der Waals surface area contributed by atoms with Gasteiger partial charge < -0.3 is 15.5 Å². The minimum absolute atomic E-state index is 0.0848. The molecule has 0 aliphatic carbocycles. The van der Waals surface area contributed by atoms with Crippen LogP contribution in [0.5, 0.6) is 0 Å². The van der Waals surface area contributed by atoms with Crippen molar-refractivity contribution >= 4 is 15.8 Å². The molecule has 2 N–H and O–H groups in total. The van der Waals surface area contributed by atoms with Gasteiger partial charge in [-0.2, -0.15) is 0 Å². The largest absolute Gasteiger partial charge is 0.357 e. The van der Waals surface area contributed by atoms with Crippen molar-refractivity contribution in [2.24, 2.45) is 10.9 Å². The van der Waals surface area contributed by atoms with Crippen molar-refractivity contribution in [1.29, 1.82) is 0 Å². The molecule has 22 heavy (non-hydrogen) atoms. The highest BCUT2D eigenvalue weighted by molar-refractivity contribution is 7.90. The second-order valence-corrected chi connectivity index (χ2v) is 8.71. The zero-order valence-corrected chi connectivity index (χ0v) is 15.2. The van der Waals surface area contributed by atoms with Gasteiger partial charge in [0.2, 0.25) is 0 Å². The molecule has 6 nitrogen and oxygen atoms in total. The van der Waals surface area contributed by atoms with E-state index < -0.39 is 9.84 Å². The van der Waals surface area contributed by atoms with E-state index >= 15 is 0 Å². The number of rotatable bonds is 7. The third kappa shape index (κ3) is 8.58. The summed E-state index contributed by atoms with van der Waals surface area (Å²) >= 11 is 0. The zero-order chi connectivity index (χ0) is 16.6. The van der Waals surface area contributed by atoms with Gasteiger partial charge in [0.1, 0.15) is 9.84 Å². The lowest BCUT2D eigenvalue weighted by atomic mass is 9.99. The number of nitrogens with zero attached hydrogens (tertiary/aromatic N) is 2. The fourth-order valence-corrected chi connectivity index (χ4v) is 3.44. The fourth-order valence-electron chi connectivity index (χ4n) is 2.66. The number of guanidine groups is 1. The summed E-state index contributed by atoms with van der Waals surface area (Å²) in [7, 11) is -0.749. The SMILES string of the molecule is CCNC(=NCC1CCCN(C)C1)NC(C)CCS(C)(=O)=O. The quantitative estimate of drug-likeness (QED) is 0.530. The molecule has 0 aromatic heterocycles. The summed E-state index contributed by atoms with van der Waals surface area (Å²) in [5.74, 6) is 1.60. The van der Waals surface area contributed by atoms with E-state index in [4.69, 9.17) is 0 Å². The van der Waals surface area contributed by atoms with Gasteiger partial charge in [0.25, 0.3) is 0 Å². The van der Waals surface area contributed by atoms with Gasteiger partial charge >= 0.3 is 0 Å². The monoisotopic (exact) mass is 332 g/mol. The minimum Gasteiger partial charge on any atom is -0.357 e. The average Bonchev–Trinajstić information content (AvgIpc) is 2.42. The first kappa shape index (κ1) is 19.2. The molecular weight excluding hydrogens is 300 g/mol. The predicted molar refractivity (Wildman–Crippen MR) is 93.1 cm³/mol. The lowest BCUT2D eigenvalue weighted by molar-refractivity contribution is 0.214. The second-order valence-electron chi connectivity index (χ2n) is 6.45. The number of likely N-dealkylation sites (tertiary alicyclic amines) is 1. The molecule has 1 fully saturated rings. The van der Waals surface area contributed by atoms with Crippen molar-refractivity contribution in [1.82, 2.24) is 15.5 Å². The summed E-state index contributed by atoms with van der Waals surface area (Å²) in [6.45, 7) is 7.93. The van der Waals surface area contributed by atoms with E-state index in [0.29, 0.717) is 12.3 Å². The molecule has 0 aromatic carbocycles. The minimum atomic E-state index is -2.91. The van der Waals surface area contributed by atoms with E-state index in [9.17, 15) is 8.42 Å². The van der Waals surface area contributed by atoms with Gasteiger partial charge in [-0.1, -0.05) is 0 Å². The standard InChI is InChI=1S/C15H32N4O2S/c1-5-16-15(18-13(2)8-10-22(4,20)21)17-11-14-7-6-9-19(3)12-14/h13-14H,5-12H2,1-4H3,(H2,16,17,18). The Labute approximate surface area is 135 Å². The Hall–Kier alpha value is -0.820. The highest BCUT2D eigenvalue weighted by Gasteiger charge is 2.17. The van der Waals surface area contributed by atoms with Crippen LogP contribution in [0.2, 0.25) is 0 Å². The molecule has 0 bridgehead atoms. The number of piperidine rings is 1. The Balaban J connectivity index is 2.47. The van der Waals surface area contributed by atoms with Gasteiger partial charge in [-0.25, -0.2) is 8.42 Å². The van der Waals surface area contributed by atoms with Gasteiger partial charge in [0.05, 0.1) is 5.75 Å². The van der Waals surface area contributed by atoms with Crippen molar-refractivity contribution in [3.63, 3.8) is 0 Å². The molecule has 0 amide bonds. The zero-order valence-electron chi connectivity index (χ0n) is 14.4. The van der Waals surface area contributed by atoms with E-state index in [0.717, 1.165) is 25.6 Å². The number of aliphatic imine (C=N–C) groups is 1. The Morgan fingerprint density at radius 2 is 2.18 bits per heavy atom. The summed E-state index contributed by atoms with van der Waals surface area (Å²) < 4.78 is 22.5. The average molecular weight is 333 g/mol. The van der Waals surface area contributed by atoms with Crippen LogP contribution in [0.15, 0.2) is 4.99 Å². The Morgan fingerprint density at radius 1 is 1.45 bits per heavy atom. The van der Waals surface area contributed by atoms with Gasteiger partial charge in [-0.15, -0.1) is 0 Å². The van der Waals surface area contributed by atoms with Gasteiger partial charge in [0, 0.05) is 31.9 Å². The predicted octanol–water partition coefficient (Wildman–Crippen LogP) is 0.707. The Kier molecular flexibility index (Phi) is 8.17. The Bertz CT molecular complexity index is 450. The molecule has 1 rings (SSSR count). The number of sulfone groups is 1. The van der Waals surface area contributed by atoms with Gasteiger partial charge in [0.15, 0.2) is 5.96 Å². The molecule has 130 valence electrons. The van der Waals surface area contributed by atoms with Crippen molar-refractivity contribution in [2.75, 3.05) is 45.2 Å². The second kappa shape index (κ2) is 9.35. The third-order valence-corrected chi connectivity index (χ3v) is 4.86. The van der Waals surface area contributed by atoms with Crippen LogP contribution in [0.25, 0.3) is 0 Å². The first-order valence-corrected chi connectivity index (χ1v) is 10.3. The van der Waals surface area contributed by atoms with Crippen molar-refractivity contribution < 1.29 is 8.42 Å². The maximum atomic E-state index is 11.2. The molecule has 2 unspecified atom stereocenters. The summed E-state index contributed by atoms with van der Waals surface area (Å²) in [6, 6.07) is 0.0848. The number of hydrogen-bond acceptors (Lipinski definition) is 4. The van der Waals surface area contributed by atoms with E-state index in [1.165, 1.54) is 25.6 Å². The molecule has 1 heterocycles. The third-order valence-electron chi connectivity index (χ3n) is 3.88. The highest BCUT2D eigenvalue weighted by atomic mass is 32.2. The molecule has 1 aliphatic rings.